The van der Waals surface area contributed by atoms with Gasteiger partial charge in [-0.1, -0.05) is 0 Å². The molecule has 0 atom stereocenters. The molecule has 0 saturated carbocycles. The van der Waals surface area contributed by atoms with Crippen LogP contribution in [-0.4, -0.2) is 38.9 Å². The summed E-state index contributed by atoms with van der Waals surface area (Å²) in [5, 5.41) is 1.44. The van der Waals surface area contributed by atoms with E-state index < -0.39 is 0 Å². The number of nitrogens with zero attached hydrogens (tertiary/aromatic N) is 1. The number of benzene rings is 2. The molecule has 0 amide bonds. The zero-order valence-electron chi connectivity index (χ0n) is 14.9. The Morgan fingerprint density at radius 1 is 0.963 bits per heavy atom. The number of fused-ring (bicyclic) bond motifs is 4. The minimum Gasteiger partial charge on any atom is -0.493 e. The lowest BCUT2D eigenvalue weighted by molar-refractivity contribution is 0.103. The van der Waals surface area contributed by atoms with Crippen molar-refractivity contribution < 1.29 is 28.5 Å². The molecule has 0 fully saturated rings. The van der Waals surface area contributed by atoms with Crippen LogP contribution in [0.1, 0.15) is 16.1 Å². The number of methoxy groups -OCH3 is 3. The first-order chi connectivity index (χ1) is 13.2. The summed E-state index contributed by atoms with van der Waals surface area (Å²) in [7, 11) is 4.65. The van der Waals surface area contributed by atoms with Gasteiger partial charge in [0, 0.05) is 33.7 Å². The molecular weight excluding hydrogens is 350 g/mol. The van der Waals surface area contributed by atoms with E-state index in [0.29, 0.717) is 51.0 Å². The molecule has 0 radical (unpaired) electrons. The van der Waals surface area contributed by atoms with Crippen LogP contribution in [-0.2, 0) is 0 Å². The van der Waals surface area contributed by atoms with Crippen LogP contribution in [0.15, 0.2) is 24.4 Å². The summed E-state index contributed by atoms with van der Waals surface area (Å²) < 4.78 is 27.8. The molecule has 2 heterocycles. The van der Waals surface area contributed by atoms with Gasteiger partial charge in [-0.2, -0.15) is 0 Å². The molecule has 1 aromatic heterocycles. The third kappa shape index (κ3) is 1.91. The van der Waals surface area contributed by atoms with Crippen molar-refractivity contribution in [1.29, 1.82) is 0 Å². The van der Waals surface area contributed by atoms with Crippen LogP contribution in [0.3, 0.4) is 0 Å². The first-order valence-corrected chi connectivity index (χ1v) is 8.29. The number of rotatable bonds is 3. The quantitative estimate of drug-likeness (QED) is 0.552. The number of carbonyl (C=O) groups is 1. The SMILES string of the molecule is COc1cc2c(cc1OC)-c1c(OC)c3c(c4ccnc(c14)C2=O)OCO3. The summed E-state index contributed by atoms with van der Waals surface area (Å²) in [6.45, 7) is 0.0919. The lowest BCUT2D eigenvalue weighted by atomic mass is 9.84. The Morgan fingerprint density at radius 3 is 2.37 bits per heavy atom. The summed E-state index contributed by atoms with van der Waals surface area (Å²) in [6, 6.07) is 5.26. The standard InChI is InChI=1S/C20H15NO6/c1-23-12-6-10-11(7-13(12)24-2)17(22)16-14-9(4-5-21-16)18-20(27-8-26-18)19(25-3)15(10)14/h4-7H,8H2,1-3H3. The molecule has 7 nitrogen and oxygen atoms in total. The van der Waals surface area contributed by atoms with Gasteiger partial charge < -0.3 is 23.7 Å². The van der Waals surface area contributed by atoms with Gasteiger partial charge in [0.15, 0.2) is 23.0 Å². The van der Waals surface area contributed by atoms with Crippen LogP contribution in [0.2, 0.25) is 0 Å². The average molecular weight is 365 g/mol. The minimum absolute atomic E-state index is 0.0919. The largest absolute Gasteiger partial charge is 0.493 e. The molecule has 2 aromatic carbocycles. The number of ether oxygens (including phenoxy) is 5. The van der Waals surface area contributed by atoms with Crippen molar-refractivity contribution in [3.63, 3.8) is 0 Å². The molecule has 1 aliphatic heterocycles. The third-order valence-electron chi connectivity index (χ3n) is 4.95. The van der Waals surface area contributed by atoms with E-state index in [1.807, 2.05) is 6.07 Å². The first kappa shape index (κ1) is 15.7. The predicted octanol–water partition coefficient (Wildman–Crippen LogP) is 3.20. The van der Waals surface area contributed by atoms with Gasteiger partial charge in [0.05, 0.1) is 21.3 Å². The Labute approximate surface area is 154 Å². The van der Waals surface area contributed by atoms with Crippen molar-refractivity contribution in [2.45, 2.75) is 0 Å². The topological polar surface area (TPSA) is 76.1 Å². The van der Waals surface area contributed by atoms with Gasteiger partial charge in [-0.25, -0.2) is 0 Å². The molecule has 0 saturated heterocycles. The van der Waals surface area contributed by atoms with Crippen molar-refractivity contribution in [3.8, 4) is 39.9 Å². The van der Waals surface area contributed by atoms with E-state index in [-0.39, 0.29) is 12.6 Å². The fourth-order valence-corrected chi connectivity index (χ4v) is 3.80. The van der Waals surface area contributed by atoms with Crippen LogP contribution < -0.4 is 23.7 Å². The molecule has 7 heteroatoms. The molecule has 0 spiro atoms. The number of carbonyl (C=O) groups excluding carboxylic acids is 1. The summed E-state index contributed by atoms with van der Waals surface area (Å²) in [4.78, 5) is 17.5. The number of hydrogen-bond donors (Lipinski definition) is 0. The molecule has 5 rings (SSSR count). The van der Waals surface area contributed by atoms with Gasteiger partial charge in [0.1, 0.15) is 5.69 Å². The lowest BCUT2D eigenvalue weighted by Crippen LogP contribution is -2.13. The Kier molecular flexibility index (Phi) is 3.21. The summed E-state index contributed by atoms with van der Waals surface area (Å²) >= 11 is 0. The van der Waals surface area contributed by atoms with E-state index in [9.17, 15) is 4.79 Å². The van der Waals surface area contributed by atoms with Gasteiger partial charge in [0.2, 0.25) is 18.3 Å². The maximum absolute atomic E-state index is 13.2. The van der Waals surface area contributed by atoms with Crippen LogP contribution >= 0.6 is 0 Å². The third-order valence-corrected chi connectivity index (χ3v) is 4.95. The molecule has 3 aromatic rings. The van der Waals surface area contributed by atoms with E-state index in [2.05, 4.69) is 4.98 Å². The van der Waals surface area contributed by atoms with Crippen molar-refractivity contribution >= 4 is 16.6 Å². The van der Waals surface area contributed by atoms with E-state index in [1.165, 1.54) is 7.11 Å². The second-order valence-corrected chi connectivity index (χ2v) is 6.14. The lowest BCUT2D eigenvalue weighted by Gasteiger charge is -2.23. The van der Waals surface area contributed by atoms with Crippen LogP contribution in [0.25, 0.3) is 21.9 Å². The van der Waals surface area contributed by atoms with Gasteiger partial charge in [-0.3, -0.25) is 9.78 Å². The predicted molar refractivity (Wildman–Crippen MR) is 96.4 cm³/mol. The number of ketones is 1. The number of aromatic nitrogens is 1. The van der Waals surface area contributed by atoms with Crippen molar-refractivity contribution in [2.24, 2.45) is 0 Å². The fourth-order valence-electron chi connectivity index (χ4n) is 3.80. The van der Waals surface area contributed by atoms with E-state index >= 15 is 0 Å². The van der Waals surface area contributed by atoms with Crippen molar-refractivity contribution in [1.82, 2.24) is 4.98 Å². The van der Waals surface area contributed by atoms with Gasteiger partial charge in [-0.05, 0) is 18.2 Å². The number of pyridine rings is 1. The summed E-state index contributed by atoms with van der Waals surface area (Å²) in [6.07, 6.45) is 1.60. The Balaban J connectivity index is 1.99. The van der Waals surface area contributed by atoms with Crippen molar-refractivity contribution in [3.05, 3.63) is 35.7 Å². The highest BCUT2D eigenvalue weighted by Crippen LogP contribution is 2.56. The monoisotopic (exact) mass is 365 g/mol. The fraction of sp³-hybridized carbons (Fsp3) is 0.200. The smallest absolute Gasteiger partial charge is 0.231 e. The molecular formula is C20H15NO6. The molecule has 136 valence electrons. The molecule has 1 aliphatic carbocycles. The average Bonchev–Trinajstić information content (AvgIpc) is 3.20. The Bertz CT molecular complexity index is 1140. The first-order valence-electron chi connectivity index (χ1n) is 8.29. The maximum Gasteiger partial charge on any atom is 0.231 e. The van der Waals surface area contributed by atoms with Crippen molar-refractivity contribution in [2.75, 3.05) is 28.1 Å². The zero-order chi connectivity index (χ0) is 18.7. The zero-order valence-corrected chi connectivity index (χ0v) is 14.9. The second kappa shape index (κ2) is 5.51. The maximum atomic E-state index is 13.2. The molecule has 0 unspecified atom stereocenters. The highest BCUT2D eigenvalue weighted by atomic mass is 16.7. The number of hydrogen-bond acceptors (Lipinski definition) is 7. The van der Waals surface area contributed by atoms with Gasteiger partial charge >= 0.3 is 0 Å². The molecule has 0 bridgehead atoms. The summed E-state index contributed by atoms with van der Waals surface area (Å²) in [5.41, 5.74) is 2.23. The second-order valence-electron chi connectivity index (χ2n) is 6.14. The summed E-state index contributed by atoms with van der Waals surface area (Å²) in [5.74, 6) is 2.39. The molecule has 27 heavy (non-hydrogen) atoms. The van der Waals surface area contributed by atoms with Gasteiger partial charge in [-0.15, -0.1) is 0 Å². The normalized spacial score (nSPS) is 13.5. The Hall–Kier alpha value is -3.48. The molecule has 0 N–H and O–H groups in total. The van der Waals surface area contributed by atoms with E-state index in [0.717, 1.165) is 10.9 Å². The van der Waals surface area contributed by atoms with Crippen LogP contribution in [0.4, 0.5) is 0 Å². The van der Waals surface area contributed by atoms with E-state index in [1.54, 1.807) is 32.5 Å². The van der Waals surface area contributed by atoms with Crippen LogP contribution in [0, 0.1) is 0 Å². The Morgan fingerprint density at radius 2 is 1.67 bits per heavy atom. The highest BCUT2D eigenvalue weighted by Gasteiger charge is 2.36. The van der Waals surface area contributed by atoms with E-state index in [4.69, 9.17) is 23.7 Å². The minimum atomic E-state index is -0.190. The highest BCUT2D eigenvalue weighted by molar-refractivity contribution is 6.27. The van der Waals surface area contributed by atoms with Gasteiger partial charge in [0.25, 0.3) is 0 Å². The van der Waals surface area contributed by atoms with Crippen LogP contribution in [0.5, 0.6) is 28.7 Å². The molecule has 2 aliphatic rings.